The molecule has 3 nitrogen and oxygen atoms in total. The van der Waals surface area contributed by atoms with Gasteiger partial charge in [-0.1, -0.05) is 19.3 Å². The summed E-state index contributed by atoms with van der Waals surface area (Å²) in [6.07, 6.45) is 7.80. The van der Waals surface area contributed by atoms with E-state index >= 15 is 0 Å². The summed E-state index contributed by atoms with van der Waals surface area (Å²) >= 11 is 0. The third kappa shape index (κ3) is 3.05. The fraction of sp³-hybridized carbons (Fsp3) is 0.571. The first-order chi connectivity index (χ1) is 8.16. The van der Waals surface area contributed by atoms with Crippen LogP contribution >= 0.6 is 0 Å². The van der Waals surface area contributed by atoms with Crippen molar-refractivity contribution in [3.63, 3.8) is 0 Å². The van der Waals surface area contributed by atoms with Crippen LogP contribution in [0.1, 0.15) is 53.7 Å². The second-order valence-corrected chi connectivity index (χ2v) is 4.95. The van der Waals surface area contributed by atoms with Crippen molar-refractivity contribution in [2.45, 2.75) is 52.0 Å². The van der Waals surface area contributed by atoms with Gasteiger partial charge in [0.15, 0.2) is 0 Å². The van der Waals surface area contributed by atoms with E-state index in [1.807, 2.05) is 19.9 Å². The molecule has 0 aliphatic heterocycles. The molecule has 1 amide bonds. The Balaban J connectivity index is 2.05. The Morgan fingerprint density at radius 3 is 2.71 bits per heavy atom. The fourth-order valence-electron chi connectivity index (χ4n) is 2.38. The van der Waals surface area contributed by atoms with Crippen LogP contribution in [0, 0.1) is 13.8 Å². The normalized spacial score (nSPS) is 16.8. The highest BCUT2D eigenvalue weighted by atomic mass is 16.1. The molecule has 1 aliphatic carbocycles. The van der Waals surface area contributed by atoms with E-state index < -0.39 is 0 Å². The second kappa shape index (κ2) is 5.30. The third-order valence-electron chi connectivity index (χ3n) is 3.41. The van der Waals surface area contributed by atoms with E-state index in [1.54, 1.807) is 6.20 Å². The van der Waals surface area contributed by atoms with E-state index in [4.69, 9.17) is 0 Å². The second-order valence-electron chi connectivity index (χ2n) is 4.95. The summed E-state index contributed by atoms with van der Waals surface area (Å²) in [5, 5.41) is 3.12. The van der Waals surface area contributed by atoms with Gasteiger partial charge >= 0.3 is 0 Å². The molecular formula is C14H20N2O. The summed E-state index contributed by atoms with van der Waals surface area (Å²) in [7, 11) is 0. The molecule has 3 heteroatoms. The Morgan fingerprint density at radius 1 is 1.29 bits per heavy atom. The first kappa shape index (κ1) is 12.1. The monoisotopic (exact) mass is 232 g/mol. The minimum Gasteiger partial charge on any atom is -0.349 e. The number of hydrogen-bond donors (Lipinski definition) is 1. The minimum absolute atomic E-state index is 0.0330. The Bertz CT molecular complexity index is 409. The van der Waals surface area contributed by atoms with E-state index in [0.29, 0.717) is 6.04 Å². The topological polar surface area (TPSA) is 42.0 Å². The number of pyridine rings is 1. The SMILES string of the molecule is Cc1cnc(C)c(C(=O)NC2CCCCC2)c1. The average Bonchev–Trinajstić information content (AvgIpc) is 2.33. The van der Waals surface area contributed by atoms with Gasteiger partial charge in [0.05, 0.1) is 5.56 Å². The van der Waals surface area contributed by atoms with Gasteiger partial charge in [0, 0.05) is 17.9 Å². The molecule has 1 heterocycles. The average molecular weight is 232 g/mol. The van der Waals surface area contributed by atoms with Crippen LogP contribution in [-0.4, -0.2) is 16.9 Å². The van der Waals surface area contributed by atoms with Crippen molar-refractivity contribution < 1.29 is 4.79 Å². The molecule has 1 aromatic heterocycles. The van der Waals surface area contributed by atoms with Gasteiger partial charge in [0.2, 0.25) is 0 Å². The summed E-state index contributed by atoms with van der Waals surface area (Å²) in [6.45, 7) is 3.85. The van der Waals surface area contributed by atoms with Crippen molar-refractivity contribution in [1.29, 1.82) is 0 Å². The number of carbonyl (C=O) groups excluding carboxylic acids is 1. The van der Waals surface area contributed by atoms with E-state index in [9.17, 15) is 4.79 Å². The molecule has 0 unspecified atom stereocenters. The van der Waals surface area contributed by atoms with E-state index in [1.165, 1.54) is 19.3 Å². The van der Waals surface area contributed by atoms with Crippen LogP contribution in [0.25, 0.3) is 0 Å². The summed E-state index contributed by atoms with van der Waals surface area (Å²) in [5.74, 6) is 0.0330. The number of aromatic nitrogens is 1. The maximum atomic E-state index is 12.1. The lowest BCUT2D eigenvalue weighted by atomic mass is 9.95. The van der Waals surface area contributed by atoms with Crippen molar-refractivity contribution in [2.24, 2.45) is 0 Å². The molecule has 0 bridgehead atoms. The number of amides is 1. The van der Waals surface area contributed by atoms with Crippen molar-refractivity contribution >= 4 is 5.91 Å². The Kier molecular flexibility index (Phi) is 3.77. The number of carbonyl (C=O) groups is 1. The van der Waals surface area contributed by atoms with Crippen LogP contribution in [0.2, 0.25) is 0 Å². The molecule has 1 fully saturated rings. The Morgan fingerprint density at radius 2 is 2.00 bits per heavy atom. The van der Waals surface area contributed by atoms with Crippen LogP contribution in [0.15, 0.2) is 12.3 Å². The summed E-state index contributed by atoms with van der Waals surface area (Å²) in [5.41, 5.74) is 2.56. The molecular weight excluding hydrogens is 212 g/mol. The zero-order valence-corrected chi connectivity index (χ0v) is 10.6. The molecule has 0 aromatic carbocycles. The van der Waals surface area contributed by atoms with Crippen LogP contribution in [-0.2, 0) is 0 Å². The zero-order chi connectivity index (χ0) is 12.3. The Labute approximate surface area is 103 Å². The van der Waals surface area contributed by atoms with E-state index in [0.717, 1.165) is 29.7 Å². The summed E-state index contributed by atoms with van der Waals surface area (Å²) in [4.78, 5) is 16.4. The van der Waals surface area contributed by atoms with Gasteiger partial charge in [-0.2, -0.15) is 0 Å². The lowest BCUT2D eigenvalue weighted by Crippen LogP contribution is -2.36. The number of aryl methyl sites for hydroxylation is 2. The highest BCUT2D eigenvalue weighted by molar-refractivity contribution is 5.95. The van der Waals surface area contributed by atoms with Crippen LogP contribution in [0.5, 0.6) is 0 Å². The molecule has 0 atom stereocenters. The van der Waals surface area contributed by atoms with Gasteiger partial charge in [0.25, 0.3) is 5.91 Å². The predicted molar refractivity (Wildman–Crippen MR) is 68.1 cm³/mol. The van der Waals surface area contributed by atoms with Crippen molar-refractivity contribution in [1.82, 2.24) is 10.3 Å². The summed E-state index contributed by atoms with van der Waals surface area (Å²) in [6, 6.07) is 2.27. The molecule has 92 valence electrons. The number of rotatable bonds is 2. The molecule has 0 spiro atoms. The molecule has 0 radical (unpaired) electrons. The lowest BCUT2D eigenvalue weighted by molar-refractivity contribution is 0.0926. The summed E-state index contributed by atoms with van der Waals surface area (Å²) < 4.78 is 0. The lowest BCUT2D eigenvalue weighted by Gasteiger charge is -2.23. The van der Waals surface area contributed by atoms with Crippen molar-refractivity contribution in [3.8, 4) is 0 Å². The van der Waals surface area contributed by atoms with Gasteiger partial charge in [-0.05, 0) is 38.3 Å². The van der Waals surface area contributed by atoms with Crippen LogP contribution < -0.4 is 5.32 Å². The smallest absolute Gasteiger partial charge is 0.253 e. The molecule has 1 aliphatic rings. The van der Waals surface area contributed by atoms with Gasteiger partial charge in [-0.3, -0.25) is 9.78 Å². The molecule has 17 heavy (non-hydrogen) atoms. The third-order valence-corrected chi connectivity index (χ3v) is 3.41. The Hall–Kier alpha value is -1.38. The largest absolute Gasteiger partial charge is 0.349 e. The molecule has 1 aromatic rings. The molecule has 0 saturated heterocycles. The van der Waals surface area contributed by atoms with Gasteiger partial charge in [0.1, 0.15) is 0 Å². The van der Waals surface area contributed by atoms with E-state index in [2.05, 4.69) is 10.3 Å². The maximum absolute atomic E-state index is 12.1. The maximum Gasteiger partial charge on any atom is 0.253 e. The fourth-order valence-corrected chi connectivity index (χ4v) is 2.38. The molecule has 2 rings (SSSR count). The van der Waals surface area contributed by atoms with Crippen LogP contribution in [0.4, 0.5) is 0 Å². The van der Waals surface area contributed by atoms with Gasteiger partial charge in [-0.15, -0.1) is 0 Å². The first-order valence-corrected chi connectivity index (χ1v) is 6.41. The van der Waals surface area contributed by atoms with Crippen LogP contribution in [0.3, 0.4) is 0 Å². The minimum atomic E-state index is 0.0330. The predicted octanol–water partition coefficient (Wildman–Crippen LogP) is 2.76. The zero-order valence-electron chi connectivity index (χ0n) is 10.6. The quantitative estimate of drug-likeness (QED) is 0.852. The highest BCUT2D eigenvalue weighted by Gasteiger charge is 2.18. The number of nitrogens with zero attached hydrogens (tertiary/aromatic N) is 1. The highest BCUT2D eigenvalue weighted by Crippen LogP contribution is 2.18. The van der Waals surface area contributed by atoms with Crippen molar-refractivity contribution in [2.75, 3.05) is 0 Å². The first-order valence-electron chi connectivity index (χ1n) is 6.41. The number of nitrogens with one attached hydrogen (secondary N) is 1. The van der Waals surface area contributed by atoms with Gasteiger partial charge < -0.3 is 5.32 Å². The molecule has 1 saturated carbocycles. The standard InChI is InChI=1S/C14H20N2O/c1-10-8-13(11(2)15-9-10)14(17)16-12-6-4-3-5-7-12/h8-9,12H,3-7H2,1-2H3,(H,16,17). The molecule has 1 N–H and O–H groups in total. The van der Waals surface area contributed by atoms with Gasteiger partial charge in [-0.25, -0.2) is 0 Å². The number of hydrogen-bond acceptors (Lipinski definition) is 2. The van der Waals surface area contributed by atoms with E-state index in [-0.39, 0.29) is 5.91 Å². The van der Waals surface area contributed by atoms with Crippen molar-refractivity contribution in [3.05, 3.63) is 29.1 Å².